The highest BCUT2D eigenvalue weighted by Gasteiger charge is 2.52. The van der Waals surface area contributed by atoms with Gasteiger partial charge in [0.2, 0.25) is 0 Å². The summed E-state index contributed by atoms with van der Waals surface area (Å²) in [6.07, 6.45) is 1.99. The predicted octanol–water partition coefficient (Wildman–Crippen LogP) is 4.61. The summed E-state index contributed by atoms with van der Waals surface area (Å²) in [4.78, 5) is 12.6. The van der Waals surface area contributed by atoms with Crippen LogP contribution >= 0.6 is 0 Å². The number of anilines is 1. The van der Waals surface area contributed by atoms with E-state index in [-0.39, 0.29) is 5.56 Å². The third-order valence-electron chi connectivity index (χ3n) is 5.42. The topological polar surface area (TPSA) is 46.9 Å². The number of nitrogens with one attached hydrogen (secondary N) is 1. The van der Waals surface area contributed by atoms with E-state index in [0.29, 0.717) is 17.8 Å². The number of hydrogen-bond donors (Lipinski definition) is 1. The van der Waals surface area contributed by atoms with Crippen LogP contribution in [0.4, 0.5) is 14.5 Å². The van der Waals surface area contributed by atoms with Crippen LogP contribution in [0.5, 0.6) is 0 Å². The number of alkyl halides is 2. The van der Waals surface area contributed by atoms with Crippen LogP contribution in [-0.2, 0) is 7.05 Å². The van der Waals surface area contributed by atoms with Crippen LogP contribution < -0.4 is 5.32 Å². The highest BCUT2D eigenvalue weighted by atomic mass is 19.3. The maximum absolute atomic E-state index is 13.1. The van der Waals surface area contributed by atoms with Crippen LogP contribution in [0, 0.1) is 5.92 Å². The van der Waals surface area contributed by atoms with Gasteiger partial charge in [0.15, 0.2) is 0 Å². The number of carbonyl (C=O) groups excluding carboxylic acids is 1. The highest BCUT2D eigenvalue weighted by molar-refractivity contribution is 6.05. The van der Waals surface area contributed by atoms with Crippen molar-refractivity contribution in [2.24, 2.45) is 13.0 Å². The highest BCUT2D eigenvalue weighted by Crippen LogP contribution is 2.65. The van der Waals surface area contributed by atoms with Gasteiger partial charge in [-0.3, -0.25) is 9.48 Å². The quantitative estimate of drug-likeness (QED) is 0.860. The summed E-state index contributed by atoms with van der Waals surface area (Å²) in [5, 5.41) is 6.59. The van der Waals surface area contributed by atoms with Crippen molar-refractivity contribution in [3.63, 3.8) is 0 Å². The molecule has 0 radical (unpaired) electrons. The fourth-order valence-corrected chi connectivity index (χ4v) is 4.36. The lowest BCUT2D eigenvalue weighted by molar-refractivity contribution is 0.101. The van der Waals surface area contributed by atoms with E-state index in [0.717, 1.165) is 18.5 Å². The molecule has 1 saturated carbocycles. The zero-order valence-electron chi connectivity index (χ0n) is 14.3. The number of aromatic nitrogens is 2. The molecule has 1 fully saturated rings. The molecule has 2 aliphatic carbocycles. The molecule has 0 bridgehead atoms. The molecule has 4 rings (SSSR count). The smallest absolute Gasteiger partial charge is 0.282 e. The standard InChI is InChI=1S/C19H21F2N3O/c1-3-5-10-12-8-13(12)11-6-4-7-15(16(10)11)22-19(25)14-9-24(2)23-17(14)18(20)21/h4,6-7,9-10,12-13,18H,3,5,8H2,1-2H3,(H,22,25). The van der Waals surface area contributed by atoms with Crippen molar-refractivity contribution in [3.8, 4) is 0 Å². The Morgan fingerprint density at radius 2 is 2.24 bits per heavy atom. The Morgan fingerprint density at radius 1 is 1.44 bits per heavy atom. The Balaban J connectivity index is 1.66. The number of halogens is 2. The predicted molar refractivity (Wildman–Crippen MR) is 91.1 cm³/mol. The number of benzene rings is 1. The maximum Gasteiger partial charge on any atom is 0.282 e. The van der Waals surface area contributed by atoms with Crippen molar-refractivity contribution in [3.05, 3.63) is 46.8 Å². The molecule has 3 unspecified atom stereocenters. The average Bonchev–Trinajstić information content (AvgIpc) is 3.17. The minimum atomic E-state index is -2.77. The van der Waals surface area contributed by atoms with Crippen LogP contribution in [0.25, 0.3) is 0 Å². The van der Waals surface area contributed by atoms with Crippen LogP contribution in [0.1, 0.15) is 71.6 Å². The van der Waals surface area contributed by atoms with Crippen molar-refractivity contribution in [2.75, 3.05) is 5.32 Å². The molecule has 0 saturated heterocycles. The largest absolute Gasteiger partial charge is 0.322 e. The van der Waals surface area contributed by atoms with Crippen molar-refractivity contribution in [1.29, 1.82) is 0 Å². The lowest BCUT2D eigenvalue weighted by Crippen LogP contribution is -2.16. The Labute approximate surface area is 145 Å². The van der Waals surface area contributed by atoms with Crippen LogP contribution in [0.15, 0.2) is 24.4 Å². The molecule has 0 aliphatic heterocycles. The summed E-state index contributed by atoms with van der Waals surface area (Å²) in [5.74, 6) is 1.24. The summed E-state index contributed by atoms with van der Waals surface area (Å²) in [7, 11) is 1.54. The van der Waals surface area contributed by atoms with Crippen LogP contribution in [-0.4, -0.2) is 15.7 Å². The van der Waals surface area contributed by atoms with Crippen LogP contribution in [0.2, 0.25) is 0 Å². The third kappa shape index (κ3) is 2.64. The van der Waals surface area contributed by atoms with E-state index in [4.69, 9.17) is 0 Å². The first kappa shape index (κ1) is 16.2. The lowest BCUT2D eigenvalue weighted by Gasteiger charge is -2.19. The van der Waals surface area contributed by atoms with Crippen molar-refractivity contribution in [2.45, 2.75) is 44.4 Å². The zero-order valence-corrected chi connectivity index (χ0v) is 14.3. The van der Waals surface area contributed by atoms with Crippen molar-refractivity contribution < 1.29 is 13.6 Å². The van der Waals surface area contributed by atoms with Gasteiger partial charge in [0.25, 0.3) is 12.3 Å². The SMILES string of the molecule is CCCC1c2c(NC(=O)c3cn(C)nc3C(F)F)cccc2C2CC21. The fourth-order valence-electron chi connectivity index (χ4n) is 4.36. The van der Waals surface area contributed by atoms with E-state index in [1.54, 1.807) is 0 Å². The summed E-state index contributed by atoms with van der Waals surface area (Å²) < 4.78 is 27.5. The van der Waals surface area contributed by atoms with Gasteiger partial charge >= 0.3 is 0 Å². The maximum atomic E-state index is 13.1. The normalized spacial score (nSPS) is 23.5. The second-order valence-electron chi connectivity index (χ2n) is 7.07. The number of amides is 1. The molecule has 1 heterocycles. The summed E-state index contributed by atoms with van der Waals surface area (Å²) in [5.41, 5.74) is 2.76. The molecule has 4 nitrogen and oxygen atoms in total. The van der Waals surface area contributed by atoms with Gasteiger partial charge in [0.1, 0.15) is 5.69 Å². The summed E-state index contributed by atoms with van der Waals surface area (Å²) in [6.45, 7) is 2.17. The van der Waals surface area contributed by atoms with E-state index in [1.807, 2.05) is 12.1 Å². The van der Waals surface area contributed by atoms with E-state index >= 15 is 0 Å². The molecule has 6 heteroatoms. The van der Waals surface area contributed by atoms with Gasteiger partial charge in [-0.05, 0) is 47.8 Å². The van der Waals surface area contributed by atoms with Gasteiger partial charge < -0.3 is 5.32 Å². The van der Waals surface area contributed by atoms with E-state index in [9.17, 15) is 13.6 Å². The first-order chi connectivity index (χ1) is 12.0. The summed E-state index contributed by atoms with van der Waals surface area (Å²) >= 11 is 0. The second kappa shape index (κ2) is 5.93. The van der Waals surface area contributed by atoms with Crippen LogP contribution in [0.3, 0.4) is 0 Å². The molecule has 3 atom stereocenters. The Bertz CT molecular complexity index is 830. The van der Waals surface area contributed by atoms with E-state index in [2.05, 4.69) is 23.4 Å². The van der Waals surface area contributed by atoms with Gasteiger partial charge in [-0.15, -0.1) is 0 Å². The molecular weight excluding hydrogens is 324 g/mol. The molecule has 1 N–H and O–H groups in total. The third-order valence-corrected chi connectivity index (χ3v) is 5.42. The van der Waals surface area contributed by atoms with Gasteiger partial charge in [0.05, 0.1) is 5.56 Å². The van der Waals surface area contributed by atoms with E-state index < -0.39 is 18.0 Å². The Hall–Kier alpha value is -2.24. The number of fused-ring (bicyclic) bond motifs is 3. The zero-order chi connectivity index (χ0) is 17.7. The Kier molecular flexibility index (Phi) is 3.85. The minimum Gasteiger partial charge on any atom is -0.322 e. The molecule has 1 aromatic carbocycles. The number of carbonyl (C=O) groups is 1. The minimum absolute atomic E-state index is 0.0645. The molecule has 1 amide bonds. The molecule has 132 valence electrons. The monoisotopic (exact) mass is 345 g/mol. The first-order valence-electron chi connectivity index (χ1n) is 8.77. The van der Waals surface area contributed by atoms with Gasteiger partial charge in [-0.1, -0.05) is 25.5 Å². The first-order valence-corrected chi connectivity index (χ1v) is 8.77. The molecule has 25 heavy (non-hydrogen) atoms. The number of hydrogen-bond acceptors (Lipinski definition) is 2. The van der Waals surface area contributed by atoms with E-state index in [1.165, 1.54) is 35.5 Å². The van der Waals surface area contributed by atoms with Crippen molar-refractivity contribution >= 4 is 11.6 Å². The molecule has 1 aromatic heterocycles. The molecule has 2 aliphatic rings. The van der Waals surface area contributed by atoms with Gasteiger partial charge in [0, 0.05) is 18.9 Å². The number of aryl methyl sites for hydroxylation is 1. The summed E-state index contributed by atoms with van der Waals surface area (Å²) in [6, 6.07) is 5.96. The fraction of sp³-hybridized carbons (Fsp3) is 0.474. The number of nitrogens with zero attached hydrogens (tertiary/aromatic N) is 2. The molecule has 2 aromatic rings. The molecule has 0 spiro atoms. The van der Waals surface area contributed by atoms with Gasteiger partial charge in [-0.25, -0.2) is 8.78 Å². The van der Waals surface area contributed by atoms with Crippen molar-refractivity contribution in [1.82, 2.24) is 9.78 Å². The average molecular weight is 345 g/mol. The number of rotatable bonds is 5. The lowest BCUT2D eigenvalue weighted by atomic mass is 9.90. The Morgan fingerprint density at radius 3 is 2.96 bits per heavy atom. The second-order valence-corrected chi connectivity index (χ2v) is 7.07. The van der Waals surface area contributed by atoms with Gasteiger partial charge in [-0.2, -0.15) is 5.10 Å². The molecular formula is C19H21F2N3O.